The molecule has 1 N–H and O–H groups in total. The minimum Gasteiger partial charge on any atom is -0.383 e. The molecule has 1 saturated heterocycles. The Labute approximate surface area is 97.1 Å². The Hall–Kier alpha value is -0.810. The lowest BCUT2D eigenvalue weighted by Gasteiger charge is -2.28. The van der Waals surface area contributed by atoms with E-state index in [9.17, 15) is 4.79 Å². The molecule has 16 heavy (non-hydrogen) atoms. The zero-order valence-corrected chi connectivity index (χ0v) is 10.4. The molecule has 1 unspecified atom stereocenters. The van der Waals surface area contributed by atoms with E-state index in [0.717, 1.165) is 13.0 Å². The molecule has 5 nitrogen and oxygen atoms in total. The molecule has 1 heterocycles. The normalized spacial score (nSPS) is 20.1. The van der Waals surface area contributed by atoms with Gasteiger partial charge in [-0.3, -0.25) is 0 Å². The summed E-state index contributed by atoms with van der Waals surface area (Å²) in [6, 6.07) is 0.316. The Morgan fingerprint density at radius 1 is 1.62 bits per heavy atom. The van der Waals surface area contributed by atoms with Gasteiger partial charge < -0.3 is 19.7 Å². The van der Waals surface area contributed by atoms with Crippen molar-refractivity contribution in [1.29, 1.82) is 0 Å². The van der Waals surface area contributed by atoms with E-state index in [1.54, 1.807) is 12.0 Å². The summed E-state index contributed by atoms with van der Waals surface area (Å²) in [6.45, 7) is 6.55. The number of hydrogen-bond acceptors (Lipinski definition) is 3. The third-order valence-corrected chi connectivity index (χ3v) is 2.68. The second kappa shape index (κ2) is 6.70. The van der Waals surface area contributed by atoms with Crippen molar-refractivity contribution in [1.82, 2.24) is 10.2 Å². The molecule has 1 atom stereocenters. The number of hydrogen-bond donors (Lipinski definition) is 1. The zero-order chi connectivity index (χ0) is 12.0. The fraction of sp³-hybridized carbons (Fsp3) is 0.909. The Kier molecular flexibility index (Phi) is 5.55. The van der Waals surface area contributed by atoms with Crippen LogP contribution in [0.25, 0.3) is 0 Å². The van der Waals surface area contributed by atoms with Crippen LogP contribution in [-0.2, 0) is 9.47 Å². The molecule has 0 saturated carbocycles. The second-order valence-corrected chi connectivity index (χ2v) is 4.29. The first kappa shape index (κ1) is 13.3. The average molecular weight is 230 g/mol. The summed E-state index contributed by atoms with van der Waals surface area (Å²) < 4.78 is 10.2. The number of methoxy groups -OCH3 is 1. The van der Waals surface area contributed by atoms with Crippen LogP contribution in [0.5, 0.6) is 0 Å². The molecule has 0 aromatic heterocycles. The van der Waals surface area contributed by atoms with E-state index in [0.29, 0.717) is 19.8 Å². The van der Waals surface area contributed by atoms with Gasteiger partial charge in [0.25, 0.3) is 0 Å². The molecule has 0 aliphatic carbocycles. The predicted octanol–water partition coefficient (Wildman–Crippen LogP) is 0.842. The van der Waals surface area contributed by atoms with Crippen LogP contribution < -0.4 is 5.32 Å². The van der Waals surface area contributed by atoms with Crippen LogP contribution in [0.1, 0.15) is 20.3 Å². The summed E-state index contributed by atoms with van der Waals surface area (Å²) in [5.74, 6) is 0. The van der Waals surface area contributed by atoms with Crippen molar-refractivity contribution in [2.24, 2.45) is 0 Å². The lowest BCUT2D eigenvalue weighted by Crippen LogP contribution is -2.49. The fourth-order valence-electron chi connectivity index (χ4n) is 1.69. The van der Waals surface area contributed by atoms with Gasteiger partial charge in [-0.05, 0) is 20.3 Å². The van der Waals surface area contributed by atoms with Crippen molar-refractivity contribution in [2.75, 3.05) is 33.5 Å². The van der Waals surface area contributed by atoms with Crippen LogP contribution in [0.2, 0.25) is 0 Å². The van der Waals surface area contributed by atoms with E-state index in [1.165, 1.54) is 0 Å². The van der Waals surface area contributed by atoms with E-state index in [-0.39, 0.29) is 18.1 Å². The standard InChI is InChI=1S/C11H22N2O3/c1-9(2)13(5-7-15-3)11(14)12-10-4-6-16-8-10/h9-10H,4-8H2,1-3H3,(H,12,14). The highest BCUT2D eigenvalue weighted by atomic mass is 16.5. The van der Waals surface area contributed by atoms with Gasteiger partial charge in [0.15, 0.2) is 0 Å². The minimum atomic E-state index is -0.0254. The van der Waals surface area contributed by atoms with Gasteiger partial charge in [0, 0.05) is 26.3 Å². The molecule has 0 radical (unpaired) electrons. The van der Waals surface area contributed by atoms with Gasteiger partial charge in [-0.15, -0.1) is 0 Å². The smallest absolute Gasteiger partial charge is 0.318 e. The highest BCUT2D eigenvalue weighted by Gasteiger charge is 2.22. The SMILES string of the molecule is COCCN(C(=O)NC1CCOC1)C(C)C. The first-order valence-electron chi connectivity index (χ1n) is 5.79. The van der Waals surface area contributed by atoms with Gasteiger partial charge in [0.2, 0.25) is 0 Å². The van der Waals surface area contributed by atoms with Gasteiger partial charge in [0.1, 0.15) is 0 Å². The molecule has 5 heteroatoms. The lowest BCUT2D eigenvalue weighted by atomic mass is 10.2. The monoisotopic (exact) mass is 230 g/mol. The molecule has 0 bridgehead atoms. The maximum absolute atomic E-state index is 12.0. The zero-order valence-electron chi connectivity index (χ0n) is 10.4. The number of urea groups is 1. The Balaban J connectivity index is 2.39. The molecule has 0 aromatic rings. The quantitative estimate of drug-likeness (QED) is 0.761. The molecule has 0 spiro atoms. The first-order valence-corrected chi connectivity index (χ1v) is 5.79. The van der Waals surface area contributed by atoms with E-state index in [1.807, 2.05) is 13.8 Å². The number of carbonyl (C=O) groups is 1. The van der Waals surface area contributed by atoms with Crippen LogP contribution in [0.3, 0.4) is 0 Å². The third kappa shape index (κ3) is 3.98. The molecule has 1 aliphatic heterocycles. The molecule has 1 rings (SSSR count). The number of nitrogens with zero attached hydrogens (tertiary/aromatic N) is 1. The van der Waals surface area contributed by atoms with Crippen LogP contribution >= 0.6 is 0 Å². The van der Waals surface area contributed by atoms with Crippen LogP contribution in [0.15, 0.2) is 0 Å². The molecule has 1 aliphatic rings. The summed E-state index contributed by atoms with van der Waals surface area (Å²) in [5, 5.41) is 2.98. The average Bonchev–Trinajstić information content (AvgIpc) is 2.70. The number of nitrogens with one attached hydrogen (secondary N) is 1. The van der Waals surface area contributed by atoms with Crippen LogP contribution in [0.4, 0.5) is 4.79 Å². The van der Waals surface area contributed by atoms with Crippen molar-refractivity contribution < 1.29 is 14.3 Å². The highest BCUT2D eigenvalue weighted by molar-refractivity contribution is 5.74. The Morgan fingerprint density at radius 3 is 2.88 bits per heavy atom. The first-order chi connectivity index (χ1) is 7.65. The largest absolute Gasteiger partial charge is 0.383 e. The summed E-state index contributed by atoms with van der Waals surface area (Å²) in [4.78, 5) is 13.7. The highest BCUT2D eigenvalue weighted by Crippen LogP contribution is 2.05. The lowest BCUT2D eigenvalue weighted by molar-refractivity contribution is 0.133. The van der Waals surface area contributed by atoms with Gasteiger partial charge in [-0.2, -0.15) is 0 Å². The maximum atomic E-state index is 12.0. The van der Waals surface area contributed by atoms with E-state index in [4.69, 9.17) is 9.47 Å². The molecule has 94 valence electrons. The molecule has 2 amide bonds. The van der Waals surface area contributed by atoms with E-state index in [2.05, 4.69) is 5.32 Å². The van der Waals surface area contributed by atoms with E-state index >= 15 is 0 Å². The third-order valence-electron chi connectivity index (χ3n) is 2.68. The van der Waals surface area contributed by atoms with Crippen LogP contribution in [-0.4, -0.2) is 56.5 Å². The maximum Gasteiger partial charge on any atom is 0.318 e. The summed E-state index contributed by atoms with van der Waals surface area (Å²) in [6.07, 6.45) is 0.905. The fourth-order valence-corrected chi connectivity index (χ4v) is 1.69. The van der Waals surface area contributed by atoms with Crippen molar-refractivity contribution in [3.05, 3.63) is 0 Å². The van der Waals surface area contributed by atoms with Gasteiger partial charge in [0.05, 0.1) is 19.3 Å². The molecular weight excluding hydrogens is 208 g/mol. The van der Waals surface area contributed by atoms with Gasteiger partial charge in [-0.25, -0.2) is 4.79 Å². The number of ether oxygens (including phenoxy) is 2. The van der Waals surface area contributed by atoms with Gasteiger partial charge >= 0.3 is 6.03 Å². The Morgan fingerprint density at radius 2 is 2.38 bits per heavy atom. The number of carbonyl (C=O) groups excluding carboxylic acids is 1. The summed E-state index contributed by atoms with van der Waals surface area (Å²) in [7, 11) is 1.64. The van der Waals surface area contributed by atoms with Crippen molar-refractivity contribution in [3.63, 3.8) is 0 Å². The minimum absolute atomic E-state index is 0.0254. The topological polar surface area (TPSA) is 50.8 Å². The second-order valence-electron chi connectivity index (χ2n) is 4.29. The Bertz CT molecular complexity index is 215. The predicted molar refractivity (Wildman–Crippen MR) is 61.5 cm³/mol. The molecule has 1 fully saturated rings. The molecule has 0 aromatic carbocycles. The van der Waals surface area contributed by atoms with Crippen molar-refractivity contribution in [3.8, 4) is 0 Å². The molecular formula is C11H22N2O3. The summed E-state index contributed by atoms with van der Waals surface area (Å²) >= 11 is 0. The number of amides is 2. The summed E-state index contributed by atoms with van der Waals surface area (Å²) in [5.41, 5.74) is 0. The van der Waals surface area contributed by atoms with Gasteiger partial charge in [-0.1, -0.05) is 0 Å². The van der Waals surface area contributed by atoms with Crippen molar-refractivity contribution >= 4 is 6.03 Å². The van der Waals surface area contributed by atoms with E-state index < -0.39 is 0 Å². The van der Waals surface area contributed by atoms with Crippen LogP contribution in [0, 0.1) is 0 Å². The number of rotatable bonds is 5. The van der Waals surface area contributed by atoms with Crippen molar-refractivity contribution in [2.45, 2.75) is 32.4 Å².